The lowest BCUT2D eigenvalue weighted by Gasteiger charge is -2.19. The summed E-state index contributed by atoms with van der Waals surface area (Å²) in [7, 11) is 1.78. The Hall–Kier alpha value is -3.61. The number of rotatable bonds is 6. The van der Waals surface area contributed by atoms with Gasteiger partial charge in [0.2, 0.25) is 0 Å². The van der Waals surface area contributed by atoms with Gasteiger partial charge in [-0.3, -0.25) is 5.41 Å². The highest BCUT2D eigenvalue weighted by Gasteiger charge is 2.18. The number of nitrogens with two attached hydrogens (primary N) is 2. The fourth-order valence-electron chi connectivity index (χ4n) is 3.12. The smallest absolute Gasteiger partial charge is 0.143 e. The van der Waals surface area contributed by atoms with Gasteiger partial charge in [0.1, 0.15) is 23.5 Å². The number of hydrogen-bond acceptors (Lipinski definition) is 6. The van der Waals surface area contributed by atoms with E-state index in [0.29, 0.717) is 22.6 Å². The van der Waals surface area contributed by atoms with Crippen LogP contribution in [0, 0.1) is 18.2 Å². The molecule has 6 N–H and O–H groups in total. The number of pyridine rings is 1. The van der Waals surface area contributed by atoms with E-state index in [2.05, 4.69) is 10.3 Å². The van der Waals surface area contributed by atoms with Crippen LogP contribution in [0.3, 0.4) is 0 Å². The normalized spacial score (nSPS) is 11.2. The molecule has 0 amide bonds. The van der Waals surface area contributed by atoms with E-state index in [0.717, 1.165) is 16.8 Å². The van der Waals surface area contributed by atoms with Crippen molar-refractivity contribution in [2.75, 3.05) is 23.8 Å². The highest BCUT2D eigenvalue weighted by molar-refractivity contribution is 6.17. The van der Waals surface area contributed by atoms with Crippen LogP contribution in [-0.4, -0.2) is 17.7 Å². The first-order chi connectivity index (χ1) is 14.8. The zero-order valence-corrected chi connectivity index (χ0v) is 18.6. The molecule has 0 saturated carbocycles. The van der Waals surface area contributed by atoms with Gasteiger partial charge in [-0.1, -0.05) is 32.0 Å². The summed E-state index contributed by atoms with van der Waals surface area (Å²) in [6.07, 6.45) is 1.32. The molecule has 1 atom stereocenters. The number of hydrogen-bond donors (Lipinski definition) is 4. The molecule has 164 valence electrons. The summed E-state index contributed by atoms with van der Waals surface area (Å²) in [4.78, 5) is 4.18. The van der Waals surface area contributed by atoms with Crippen LogP contribution in [0.5, 0.6) is 5.75 Å². The Morgan fingerprint density at radius 2 is 1.77 bits per heavy atom. The lowest BCUT2D eigenvalue weighted by molar-refractivity contribution is 0.228. The molecule has 7 heteroatoms. The van der Waals surface area contributed by atoms with Crippen LogP contribution in [0.15, 0.2) is 48.7 Å². The average Bonchev–Trinajstić information content (AvgIpc) is 2.78. The lowest BCUT2D eigenvalue weighted by atomic mass is 9.99. The Morgan fingerprint density at radius 3 is 2.39 bits per heavy atom. The maximum absolute atomic E-state index is 13.2. The van der Waals surface area contributed by atoms with Gasteiger partial charge in [0.15, 0.2) is 0 Å². The van der Waals surface area contributed by atoms with Crippen molar-refractivity contribution in [1.82, 2.24) is 4.98 Å². The molecule has 3 rings (SSSR count). The van der Waals surface area contributed by atoms with E-state index in [9.17, 15) is 4.39 Å². The SMILES string of the molecule is CC.CNc1c(C)cnc(N)c1C(=N)c1ccc(N)c(OC(C)c2ccc(F)cc2)c1. The molecule has 31 heavy (non-hydrogen) atoms. The monoisotopic (exact) mass is 423 g/mol. The highest BCUT2D eigenvalue weighted by atomic mass is 19.1. The number of ether oxygens (including phenoxy) is 1. The molecule has 0 saturated heterocycles. The van der Waals surface area contributed by atoms with Crippen LogP contribution in [-0.2, 0) is 0 Å². The maximum Gasteiger partial charge on any atom is 0.143 e. The Morgan fingerprint density at radius 1 is 1.13 bits per heavy atom. The molecule has 0 fully saturated rings. The minimum absolute atomic E-state index is 0.210. The Bertz CT molecular complexity index is 1050. The largest absolute Gasteiger partial charge is 0.484 e. The van der Waals surface area contributed by atoms with Crippen molar-refractivity contribution in [1.29, 1.82) is 5.41 Å². The fraction of sp³-hybridized carbons (Fsp3) is 0.250. The Labute approximate surface area is 183 Å². The Kier molecular flexibility index (Phi) is 7.96. The highest BCUT2D eigenvalue weighted by Crippen LogP contribution is 2.32. The van der Waals surface area contributed by atoms with Crippen molar-refractivity contribution in [3.63, 3.8) is 0 Å². The minimum Gasteiger partial charge on any atom is -0.484 e. The number of aromatic nitrogens is 1. The molecule has 0 bridgehead atoms. The number of nitrogens with one attached hydrogen (secondary N) is 2. The molecule has 6 nitrogen and oxygen atoms in total. The molecule has 2 aromatic carbocycles. The van der Waals surface area contributed by atoms with Gasteiger partial charge in [0.25, 0.3) is 0 Å². The predicted molar refractivity (Wildman–Crippen MR) is 127 cm³/mol. The second-order valence-corrected chi connectivity index (χ2v) is 6.77. The maximum atomic E-state index is 13.2. The second kappa shape index (κ2) is 10.4. The van der Waals surface area contributed by atoms with Gasteiger partial charge in [-0.15, -0.1) is 0 Å². The summed E-state index contributed by atoms with van der Waals surface area (Å²) < 4.78 is 19.2. The van der Waals surface area contributed by atoms with Gasteiger partial charge in [-0.2, -0.15) is 0 Å². The summed E-state index contributed by atoms with van der Waals surface area (Å²) >= 11 is 0. The molecule has 1 unspecified atom stereocenters. The van der Waals surface area contributed by atoms with E-state index in [1.807, 2.05) is 27.7 Å². The van der Waals surface area contributed by atoms with Crippen LogP contribution < -0.4 is 21.5 Å². The summed E-state index contributed by atoms with van der Waals surface area (Å²) in [6.45, 7) is 7.75. The fourth-order valence-corrected chi connectivity index (χ4v) is 3.12. The molecule has 0 spiro atoms. The third-order valence-electron chi connectivity index (χ3n) is 4.74. The number of nitrogen functional groups attached to an aromatic ring is 2. The van der Waals surface area contributed by atoms with E-state index in [1.165, 1.54) is 12.1 Å². The molecule has 0 aliphatic carbocycles. The first kappa shape index (κ1) is 23.7. The van der Waals surface area contributed by atoms with Gasteiger partial charge in [-0.25, -0.2) is 9.37 Å². The van der Waals surface area contributed by atoms with Crippen molar-refractivity contribution in [3.05, 3.63) is 76.7 Å². The predicted octanol–water partition coefficient (Wildman–Crippen LogP) is 5.32. The van der Waals surface area contributed by atoms with Crippen LogP contribution in [0.2, 0.25) is 0 Å². The van der Waals surface area contributed by atoms with Gasteiger partial charge in [0, 0.05) is 18.8 Å². The standard InChI is InChI=1S/C22H24FN5O.C2H6/c1-12-11-28-22(26)19(21(12)27-3)20(25)15-6-9-17(24)18(10-15)29-13(2)14-4-7-16(23)8-5-14;1-2/h4-11,13,25H,24H2,1-3H3,(H3,26,27,28);1-2H3. The van der Waals surface area contributed by atoms with Crippen molar-refractivity contribution < 1.29 is 9.13 Å². The van der Waals surface area contributed by atoms with Crippen LogP contribution in [0.25, 0.3) is 0 Å². The first-order valence-corrected chi connectivity index (χ1v) is 10.2. The molecule has 3 aromatic rings. The van der Waals surface area contributed by atoms with Crippen LogP contribution >= 0.6 is 0 Å². The molecule has 1 aromatic heterocycles. The number of anilines is 3. The van der Waals surface area contributed by atoms with E-state index in [4.69, 9.17) is 21.6 Å². The van der Waals surface area contributed by atoms with Crippen molar-refractivity contribution in [3.8, 4) is 5.75 Å². The zero-order chi connectivity index (χ0) is 23.1. The summed E-state index contributed by atoms with van der Waals surface area (Å²) in [6, 6.07) is 11.2. The number of nitrogens with zero attached hydrogens (tertiary/aromatic N) is 1. The zero-order valence-electron chi connectivity index (χ0n) is 18.6. The average molecular weight is 424 g/mol. The van der Waals surface area contributed by atoms with Gasteiger partial charge >= 0.3 is 0 Å². The summed E-state index contributed by atoms with van der Waals surface area (Å²) in [5.41, 5.74) is 16.4. The van der Waals surface area contributed by atoms with Gasteiger partial charge in [-0.05, 0) is 49.2 Å². The van der Waals surface area contributed by atoms with Crippen molar-refractivity contribution >= 4 is 22.9 Å². The third kappa shape index (κ3) is 5.31. The number of benzene rings is 2. The van der Waals surface area contributed by atoms with Gasteiger partial charge < -0.3 is 21.5 Å². The van der Waals surface area contributed by atoms with Gasteiger partial charge in [0.05, 0.1) is 22.6 Å². The Balaban J connectivity index is 0.00000166. The molecule has 0 radical (unpaired) electrons. The third-order valence-corrected chi connectivity index (χ3v) is 4.74. The van der Waals surface area contributed by atoms with Crippen LogP contribution in [0.4, 0.5) is 21.6 Å². The van der Waals surface area contributed by atoms with E-state index < -0.39 is 0 Å². The number of aryl methyl sites for hydroxylation is 1. The topological polar surface area (TPSA) is 110 Å². The van der Waals surface area contributed by atoms with Crippen LogP contribution in [0.1, 0.15) is 49.1 Å². The quantitative estimate of drug-likeness (QED) is 0.317. The second-order valence-electron chi connectivity index (χ2n) is 6.77. The molecule has 0 aliphatic rings. The summed E-state index contributed by atoms with van der Waals surface area (Å²) in [5.74, 6) is 0.402. The lowest BCUT2D eigenvalue weighted by Crippen LogP contribution is -2.13. The van der Waals surface area contributed by atoms with E-state index in [-0.39, 0.29) is 23.5 Å². The molecule has 0 aliphatic heterocycles. The van der Waals surface area contributed by atoms with E-state index in [1.54, 1.807) is 43.6 Å². The molecular weight excluding hydrogens is 393 g/mol. The van der Waals surface area contributed by atoms with Crippen molar-refractivity contribution in [2.45, 2.75) is 33.8 Å². The molecule has 1 heterocycles. The summed E-state index contributed by atoms with van der Waals surface area (Å²) in [5, 5.41) is 11.8. The first-order valence-electron chi connectivity index (χ1n) is 10.2. The van der Waals surface area contributed by atoms with Crippen molar-refractivity contribution in [2.24, 2.45) is 0 Å². The number of halogens is 1. The molecular formula is C24H30FN5O. The minimum atomic E-state index is -0.346. The van der Waals surface area contributed by atoms with E-state index >= 15 is 0 Å².